The van der Waals surface area contributed by atoms with Gasteiger partial charge in [0.25, 0.3) is 5.69 Å². The second-order valence-corrected chi connectivity index (χ2v) is 7.83. The van der Waals surface area contributed by atoms with Gasteiger partial charge in [0.2, 0.25) is 0 Å². The topological polar surface area (TPSA) is 136 Å². The Kier molecular flexibility index (Phi) is 7.92. The van der Waals surface area contributed by atoms with Crippen LogP contribution in [0.15, 0.2) is 60.3 Å². The lowest BCUT2D eigenvalue weighted by atomic mass is 10.0. The fraction of sp³-hybridized carbons (Fsp3) is 0.240. The minimum Gasteiger partial charge on any atom is -0.478 e. The molecule has 0 atom stereocenters. The maximum atomic E-state index is 12.0. The van der Waals surface area contributed by atoms with Crippen LogP contribution in [0.1, 0.15) is 52.8 Å². The maximum absolute atomic E-state index is 12.0. The number of carboxylic acid groups (broad SMARTS) is 2. The van der Waals surface area contributed by atoms with Crippen LogP contribution >= 0.6 is 0 Å². The second kappa shape index (κ2) is 11.0. The monoisotopic (exact) mass is 463 g/mol. The van der Waals surface area contributed by atoms with Crippen LogP contribution in [0.2, 0.25) is 0 Å². The Morgan fingerprint density at radius 2 is 1.88 bits per heavy atom. The number of nitro benzene ring substituents is 1. The van der Waals surface area contributed by atoms with E-state index in [1.807, 2.05) is 37.3 Å². The predicted molar refractivity (Wildman–Crippen MR) is 126 cm³/mol. The van der Waals surface area contributed by atoms with Crippen LogP contribution in [0.5, 0.6) is 0 Å². The van der Waals surface area contributed by atoms with Crippen molar-refractivity contribution in [1.29, 1.82) is 0 Å². The van der Waals surface area contributed by atoms with Crippen molar-refractivity contribution in [2.75, 3.05) is 0 Å². The SMILES string of the molecule is CCCCc1ncc(/C=C(\Cc2ccccc2)C(=O)O)n1Cc1ccc(C(=O)O)cc1[N+](=O)[O-]. The molecule has 3 rings (SSSR count). The van der Waals surface area contributed by atoms with Gasteiger partial charge in [-0.25, -0.2) is 14.6 Å². The van der Waals surface area contributed by atoms with Crippen LogP contribution in [0.4, 0.5) is 5.69 Å². The summed E-state index contributed by atoms with van der Waals surface area (Å²) in [5, 5.41) is 30.6. The lowest BCUT2D eigenvalue weighted by molar-refractivity contribution is -0.385. The molecule has 9 nitrogen and oxygen atoms in total. The van der Waals surface area contributed by atoms with Crippen molar-refractivity contribution in [3.8, 4) is 0 Å². The predicted octanol–water partition coefficient (Wildman–Crippen LogP) is 4.59. The number of hydrogen-bond donors (Lipinski definition) is 2. The molecule has 0 aliphatic carbocycles. The fourth-order valence-corrected chi connectivity index (χ4v) is 3.61. The third-order valence-corrected chi connectivity index (χ3v) is 5.41. The Morgan fingerprint density at radius 3 is 2.50 bits per heavy atom. The van der Waals surface area contributed by atoms with E-state index >= 15 is 0 Å². The summed E-state index contributed by atoms with van der Waals surface area (Å²) in [7, 11) is 0. The minimum absolute atomic E-state index is 0.0549. The third-order valence-electron chi connectivity index (χ3n) is 5.41. The highest BCUT2D eigenvalue weighted by molar-refractivity contribution is 5.92. The van der Waals surface area contributed by atoms with Gasteiger partial charge in [-0.1, -0.05) is 43.7 Å². The minimum atomic E-state index is -1.25. The summed E-state index contributed by atoms with van der Waals surface area (Å²) in [6.07, 6.45) is 5.69. The van der Waals surface area contributed by atoms with E-state index in [-0.39, 0.29) is 29.8 Å². The van der Waals surface area contributed by atoms with Gasteiger partial charge in [0.1, 0.15) is 5.82 Å². The zero-order valence-corrected chi connectivity index (χ0v) is 18.7. The van der Waals surface area contributed by atoms with Crippen molar-refractivity contribution in [3.63, 3.8) is 0 Å². The maximum Gasteiger partial charge on any atom is 0.335 e. The molecule has 1 heterocycles. The molecule has 0 unspecified atom stereocenters. The summed E-state index contributed by atoms with van der Waals surface area (Å²) in [5.74, 6) is -1.64. The molecule has 9 heteroatoms. The molecule has 0 saturated carbocycles. The van der Waals surface area contributed by atoms with E-state index in [1.54, 1.807) is 10.8 Å². The molecule has 2 aromatic carbocycles. The molecule has 34 heavy (non-hydrogen) atoms. The van der Waals surface area contributed by atoms with E-state index in [0.717, 1.165) is 24.5 Å². The normalized spacial score (nSPS) is 11.4. The number of rotatable bonds is 11. The fourth-order valence-electron chi connectivity index (χ4n) is 3.61. The Labute approximate surface area is 196 Å². The van der Waals surface area contributed by atoms with Gasteiger partial charge in [-0.15, -0.1) is 0 Å². The van der Waals surface area contributed by atoms with Gasteiger partial charge in [0.05, 0.1) is 28.9 Å². The molecular weight excluding hydrogens is 438 g/mol. The molecular formula is C25H25N3O6. The number of hydrogen-bond acceptors (Lipinski definition) is 5. The zero-order chi connectivity index (χ0) is 24.7. The largest absolute Gasteiger partial charge is 0.478 e. The number of unbranched alkanes of at least 4 members (excludes halogenated alkanes) is 1. The Morgan fingerprint density at radius 1 is 1.15 bits per heavy atom. The molecule has 2 N–H and O–H groups in total. The first kappa shape index (κ1) is 24.4. The lowest BCUT2D eigenvalue weighted by Crippen LogP contribution is -2.11. The van der Waals surface area contributed by atoms with E-state index in [2.05, 4.69) is 4.98 Å². The van der Waals surface area contributed by atoms with Gasteiger partial charge in [-0.3, -0.25) is 10.1 Å². The van der Waals surface area contributed by atoms with Gasteiger partial charge in [-0.05, 0) is 30.2 Å². The van der Waals surface area contributed by atoms with Gasteiger partial charge in [0, 0.05) is 30.0 Å². The first-order valence-corrected chi connectivity index (χ1v) is 10.8. The summed E-state index contributed by atoms with van der Waals surface area (Å²) in [6, 6.07) is 13.0. The van der Waals surface area contributed by atoms with E-state index in [0.29, 0.717) is 23.5 Å². The first-order valence-electron chi connectivity index (χ1n) is 10.8. The van der Waals surface area contributed by atoms with Crippen molar-refractivity contribution in [3.05, 3.63) is 98.6 Å². The number of nitrogens with zero attached hydrogens (tertiary/aromatic N) is 3. The van der Waals surface area contributed by atoms with Crippen LogP contribution in [0.3, 0.4) is 0 Å². The highest BCUT2D eigenvalue weighted by Crippen LogP contribution is 2.24. The summed E-state index contributed by atoms with van der Waals surface area (Å²) < 4.78 is 1.76. The van der Waals surface area contributed by atoms with Crippen LogP contribution in [-0.2, 0) is 24.2 Å². The average molecular weight is 463 g/mol. The van der Waals surface area contributed by atoms with Crippen molar-refractivity contribution < 1.29 is 24.7 Å². The Balaban J connectivity index is 2.05. The van der Waals surface area contributed by atoms with Crippen molar-refractivity contribution in [2.24, 2.45) is 0 Å². The zero-order valence-electron chi connectivity index (χ0n) is 18.7. The smallest absolute Gasteiger partial charge is 0.335 e. The highest BCUT2D eigenvalue weighted by Gasteiger charge is 2.20. The molecule has 0 aliphatic rings. The van der Waals surface area contributed by atoms with Crippen LogP contribution in [0, 0.1) is 10.1 Å². The number of nitro groups is 1. The van der Waals surface area contributed by atoms with Crippen LogP contribution < -0.4 is 0 Å². The van der Waals surface area contributed by atoms with E-state index < -0.39 is 16.9 Å². The average Bonchev–Trinajstić information content (AvgIpc) is 3.18. The molecule has 0 aliphatic heterocycles. The van der Waals surface area contributed by atoms with Crippen LogP contribution in [-0.4, -0.2) is 36.6 Å². The molecule has 0 radical (unpaired) electrons. The van der Waals surface area contributed by atoms with Gasteiger partial charge < -0.3 is 14.8 Å². The number of benzene rings is 2. The summed E-state index contributed by atoms with van der Waals surface area (Å²) >= 11 is 0. The number of imidazole rings is 1. The van der Waals surface area contributed by atoms with Crippen molar-refractivity contribution >= 4 is 23.7 Å². The molecule has 176 valence electrons. The second-order valence-electron chi connectivity index (χ2n) is 7.83. The Hall–Kier alpha value is -4.27. The summed E-state index contributed by atoms with van der Waals surface area (Å²) in [5.41, 5.74) is 1.32. The van der Waals surface area contributed by atoms with E-state index in [1.165, 1.54) is 18.2 Å². The lowest BCUT2D eigenvalue weighted by Gasteiger charge is -2.12. The van der Waals surface area contributed by atoms with E-state index in [9.17, 15) is 29.9 Å². The molecule has 0 spiro atoms. The number of aryl methyl sites for hydroxylation is 1. The molecule has 1 aromatic heterocycles. The summed E-state index contributed by atoms with van der Waals surface area (Å²) in [6.45, 7) is 2.09. The van der Waals surface area contributed by atoms with Gasteiger partial charge in [0.15, 0.2) is 0 Å². The summed E-state index contributed by atoms with van der Waals surface area (Å²) in [4.78, 5) is 38.7. The number of aliphatic carboxylic acids is 1. The number of aromatic carboxylic acids is 1. The highest BCUT2D eigenvalue weighted by atomic mass is 16.6. The molecule has 0 saturated heterocycles. The van der Waals surface area contributed by atoms with Gasteiger partial charge >= 0.3 is 11.9 Å². The van der Waals surface area contributed by atoms with E-state index in [4.69, 9.17) is 0 Å². The van der Waals surface area contributed by atoms with Crippen LogP contribution in [0.25, 0.3) is 6.08 Å². The number of aromatic nitrogens is 2. The molecule has 0 bridgehead atoms. The molecule has 3 aromatic rings. The molecule has 0 fully saturated rings. The van der Waals surface area contributed by atoms with Gasteiger partial charge in [-0.2, -0.15) is 0 Å². The number of carboxylic acids is 2. The quantitative estimate of drug-likeness (QED) is 0.241. The first-order chi connectivity index (χ1) is 16.3. The third kappa shape index (κ3) is 5.94. The molecule has 0 amide bonds. The Bertz CT molecular complexity index is 1230. The number of carbonyl (C=O) groups is 2. The standard InChI is InChI=1S/C25H25N3O6/c1-2-3-9-23-26-15-21(13-20(25(31)32)12-17-7-5-4-6-8-17)27(23)16-19-11-10-18(24(29)30)14-22(19)28(33)34/h4-8,10-11,13-15H,2-3,9,12,16H2,1H3,(H,29,30)(H,31,32)/b20-13+. The van der Waals surface area contributed by atoms with Crippen molar-refractivity contribution in [2.45, 2.75) is 39.2 Å². The van der Waals surface area contributed by atoms with Crippen molar-refractivity contribution in [1.82, 2.24) is 9.55 Å².